The zero-order valence-corrected chi connectivity index (χ0v) is 39.7. The summed E-state index contributed by atoms with van der Waals surface area (Å²) in [6.07, 6.45) is 1.70. The molecule has 1 heterocycles. The minimum atomic E-state index is -0.484. The maximum Gasteiger partial charge on any atom is 0.273 e. The van der Waals surface area contributed by atoms with Gasteiger partial charge in [0.25, 0.3) is 11.4 Å². The molecule has 0 unspecified atom stereocenters. The molecule has 0 saturated carbocycles. The zero-order chi connectivity index (χ0) is 47.6. The molecule has 0 aliphatic carbocycles. The van der Waals surface area contributed by atoms with Gasteiger partial charge in [0.1, 0.15) is 51.8 Å². The van der Waals surface area contributed by atoms with Crippen molar-refractivity contribution < 1.29 is 38.6 Å². The number of non-ortho nitro benzene ring substituents is 2. The molecule has 1 aromatic heterocycles. The molecule has 0 fully saturated rings. The number of ether oxygens (including phenoxy) is 5. The summed E-state index contributed by atoms with van der Waals surface area (Å²) in [4.78, 5) is 27.9. The van der Waals surface area contributed by atoms with Gasteiger partial charge in [0.2, 0.25) is 0 Å². The van der Waals surface area contributed by atoms with Crippen molar-refractivity contribution in [1.29, 1.82) is 0 Å². The monoisotopic (exact) mass is 1060 g/mol. The van der Waals surface area contributed by atoms with Crippen LogP contribution in [0.1, 0.15) is 11.4 Å². The first-order valence-corrected chi connectivity index (χ1v) is 21.7. The second kappa shape index (κ2) is 25.1. The highest BCUT2D eigenvalue weighted by atomic mass is 127. The number of methoxy groups -OCH3 is 3. The molecule has 0 atom stereocenters. The van der Waals surface area contributed by atoms with Gasteiger partial charge >= 0.3 is 0 Å². The number of nitro benzene ring substituents is 2. The Kier molecular flexibility index (Phi) is 19.1. The molecule has 0 aliphatic rings. The lowest BCUT2D eigenvalue weighted by Gasteiger charge is -2.10. The molecule has 0 amide bonds. The number of nitrogens with zero attached hydrogens (tertiary/aromatic N) is 3. The van der Waals surface area contributed by atoms with Gasteiger partial charge in [0.15, 0.2) is 0 Å². The molecule has 0 aliphatic heterocycles. The third-order valence-corrected chi connectivity index (χ3v) is 10.5. The molecule has 2 N–H and O–H groups in total. The number of H-pyrrole nitrogens is 1. The highest BCUT2D eigenvalue weighted by Crippen LogP contribution is 2.35. The fourth-order valence-corrected chi connectivity index (χ4v) is 6.77. The predicted molar refractivity (Wildman–Crippen MR) is 265 cm³/mol. The van der Waals surface area contributed by atoms with Crippen LogP contribution in [0, 0.1) is 23.8 Å². The number of imidazole rings is 1. The molecule has 66 heavy (non-hydrogen) atoms. The fourth-order valence-electron chi connectivity index (χ4n) is 5.65. The van der Waals surface area contributed by atoms with Gasteiger partial charge < -0.3 is 33.8 Å². The summed E-state index contributed by atoms with van der Waals surface area (Å²) >= 11 is 19.9. The number of phenolic OH excluding ortho intramolecular Hbond substituents is 1. The molecule has 0 spiro atoms. The lowest BCUT2D eigenvalue weighted by Crippen LogP contribution is -1.94. The van der Waals surface area contributed by atoms with Crippen LogP contribution >= 0.6 is 57.4 Å². The van der Waals surface area contributed by atoms with E-state index in [0.717, 1.165) is 39.0 Å². The molecular weight excluding hydrogens is 1030 g/mol. The number of para-hydroxylation sites is 2. The molecule has 7 aromatic carbocycles. The van der Waals surface area contributed by atoms with Gasteiger partial charge in [0, 0.05) is 46.4 Å². The van der Waals surface area contributed by atoms with Gasteiger partial charge in [-0.25, -0.2) is 4.98 Å². The van der Waals surface area contributed by atoms with E-state index in [9.17, 15) is 20.2 Å². The van der Waals surface area contributed by atoms with Crippen molar-refractivity contribution in [1.82, 2.24) is 9.97 Å². The quantitative estimate of drug-likeness (QED) is 0.0675. The van der Waals surface area contributed by atoms with E-state index in [0.29, 0.717) is 49.6 Å². The Labute approximate surface area is 408 Å². The molecular formula is C48H40Cl3IN4O10. The van der Waals surface area contributed by atoms with E-state index in [1.807, 2.05) is 83.3 Å². The summed E-state index contributed by atoms with van der Waals surface area (Å²) in [5.41, 5.74) is 3.35. The number of hydrogen-bond acceptors (Lipinski definition) is 11. The Bertz CT molecular complexity index is 2870. The van der Waals surface area contributed by atoms with Crippen LogP contribution in [-0.4, -0.2) is 46.3 Å². The number of aromatic nitrogens is 2. The van der Waals surface area contributed by atoms with Gasteiger partial charge in [0.05, 0.1) is 63.3 Å². The normalized spacial score (nSPS) is 10.2. The molecule has 0 bridgehead atoms. The maximum atomic E-state index is 10.7. The van der Waals surface area contributed by atoms with E-state index in [2.05, 4.69) is 16.0 Å². The van der Waals surface area contributed by atoms with E-state index < -0.39 is 9.85 Å². The number of fused-ring (bicyclic) bond motifs is 1. The minimum Gasteiger partial charge on any atom is -0.506 e. The first kappa shape index (κ1) is 50.2. The molecule has 0 radical (unpaired) electrons. The Morgan fingerprint density at radius 2 is 1.09 bits per heavy atom. The minimum absolute atomic E-state index is 0.0397. The fraction of sp³-hybridized carbons (Fsp3) is 0.104. The number of hydrogen-bond donors (Lipinski definition) is 2. The van der Waals surface area contributed by atoms with Crippen LogP contribution in [0.2, 0.25) is 15.1 Å². The lowest BCUT2D eigenvalue weighted by atomic mass is 10.1. The topological polar surface area (TPSA) is 181 Å². The van der Waals surface area contributed by atoms with Crippen LogP contribution in [0.15, 0.2) is 152 Å². The average molecular weight is 1070 g/mol. The third-order valence-electron chi connectivity index (χ3n) is 8.92. The first-order valence-electron chi connectivity index (χ1n) is 19.5. The van der Waals surface area contributed by atoms with E-state index in [1.54, 1.807) is 68.8 Å². The van der Waals surface area contributed by atoms with E-state index >= 15 is 0 Å². The summed E-state index contributed by atoms with van der Waals surface area (Å²) in [7, 11) is 4.69. The maximum absolute atomic E-state index is 10.7. The number of nitro groups is 2. The van der Waals surface area contributed by atoms with Crippen LogP contribution in [0.5, 0.6) is 46.0 Å². The van der Waals surface area contributed by atoms with Crippen molar-refractivity contribution in [2.45, 2.75) is 12.8 Å². The second-order valence-electron chi connectivity index (χ2n) is 13.5. The van der Waals surface area contributed by atoms with Gasteiger partial charge in [-0.05, 0) is 107 Å². The van der Waals surface area contributed by atoms with Crippen LogP contribution < -0.4 is 23.7 Å². The van der Waals surface area contributed by atoms with Crippen LogP contribution in [-0.2, 0) is 12.8 Å². The number of phenols is 1. The van der Waals surface area contributed by atoms with Crippen LogP contribution in [0.25, 0.3) is 11.0 Å². The van der Waals surface area contributed by atoms with Crippen molar-refractivity contribution in [2.24, 2.45) is 0 Å². The van der Waals surface area contributed by atoms with Crippen molar-refractivity contribution in [2.75, 3.05) is 21.3 Å². The number of aromatic hydroxyl groups is 1. The van der Waals surface area contributed by atoms with E-state index in [4.69, 9.17) is 63.6 Å². The number of rotatable bonds is 12. The Morgan fingerprint density at radius 3 is 1.61 bits per heavy atom. The highest BCUT2D eigenvalue weighted by molar-refractivity contribution is 14.1. The molecule has 340 valence electrons. The summed E-state index contributed by atoms with van der Waals surface area (Å²) in [5, 5.41) is 31.0. The first-order chi connectivity index (χ1) is 31.7. The van der Waals surface area contributed by atoms with E-state index in [1.165, 1.54) is 43.0 Å². The highest BCUT2D eigenvalue weighted by Gasteiger charge is 2.11. The zero-order valence-electron chi connectivity index (χ0n) is 35.3. The summed E-state index contributed by atoms with van der Waals surface area (Å²) in [6, 6.07) is 43.5. The standard InChI is InChI=1S/C22H19ClN2O2.C13H10ClNO4.C7H7ClO2.C6H4INO2/c1-26-16-10-11-21(18(23)14-16)27-17-6-4-5-15(13-17)9-12-22-24-19-7-2-3-8-20(19)25-22;1-18-10-5-6-13(12(14)8-10)19-11-4-2-3-9(7-11)15(16)17;1-10-5-2-3-7(9)6(8)4-5;7-5-2-1-3-6(4-5)8(9)10/h2-8,10-11,13-14H,9,12H2,1H3,(H,24,25);2-8H,1H3;2-4,9H,1H3;1-4H. The summed E-state index contributed by atoms with van der Waals surface area (Å²) < 4.78 is 27.4. The lowest BCUT2D eigenvalue weighted by molar-refractivity contribution is -0.385. The third kappa shape index (κ3) is 15.4. The number of halogens is 4. The number of aromatic amines is 1. The van der Waals surface area contributed by atoms with Gasteiger partial charge in [-0.3, -0.25) is 20.2 Å². The smallest absolute Gasteiger partial charge is 0.273 e. The number of nitrogens with one attached hydrogen (secondary N) is 1. The molecule has 8 aromatic rings. The van der Waals surface area contributed by atoms with Gasteiger partial charge in [-0.2, -0.15) is 0 Å². The number of benzene rings is 7. The Hall–Kier alpha value is -6.79. The molecule has 18 heteroatoms. The van der Waals surface area contributed by atoms with Crippen molar-refractivity contribution in [3.05, 3.63) is 202 Å². The Morgan fingerprint density at radius 1 is 0.576 bits per heavy atom. The van der Waals surface area contributed by atoms with Crippen LogP contribution in [0.3, 0.4) is 0 Å². The SMILES string of the molecule is COc1ccc(O)c(Cl)c1.COc1ccc(Oc2cccc(CCc3nc4ccccc4[nH]3)c2)c(Cl)c1.COc1ccc(Oc2cccc([N+](=O)[O-])c2)c(Cl)c1.O=[N+]([O-])c1cccc(I)c1. The molecule has 0 saturated heterocycles. The van der Waals surface area contributed by atoms with Crippen molar-refractivity contribution >= 4 is 79.8 Å². The average Bonchev–Trinajstić information content (AvgIpc) is 3.75. The van der Waals surface area contributed by atoms with Crippen LogP contribution in [0.4, 0.5) is 11.4 Å². The molecule has 8 rings (SSSR count). The van der Waals surface area contributed by atoms with Gasteiger partial charge in [-0.1, -0.05) is 71.2 Å². The van der Waals surface area contributed by atoms with Gasteiger partial charge in [-0.15, -0.1) is 0 Å². The second-order valence-corrected chi connectivity index (χ2v) is 15.9. The molecule has 14 nitrogen and oxygen atoms in total. The Balaban J connectivity index is 0.000000181. The predicted octanol–water partition coefficient (Wildman–Crippen LogP) is 14.1. The van der Waals surface area contributed by atoms with Crippen molar-refractivity contribution in [3.63, 3.8) is 0 Å². The summed E-state index contributed by atoms with van der Waals surface area (Å²) in [6.45, 7) is 0. The largest absolute Gasteiger partial charge is 0.506 e. The van der Waals surface area contributed by atoms with Crippen molar-refractivity contribution in [3.8, 4) is 46.0 Å². The van der Waals surface area contributed by atoms with E-state index in [-0.39, 0.29) is 17.1 Å². The number of aryl methyl sites for hydroxylation is 2. The summed E-state index contributed by atoms with van der Waals surface area (Å²) in [5.74, 6) is 5.12.